The number of anilines is 2. The Kier molecular flexibility index (Phi) is 5.73. The van der Waals surface area contributed by atoms with E-state index in [9.17, 15) is 22.8 Å². The predicted octanol–water partition coefficient (Wildman–Crippen LogP) is 3.38. The van der Waals surface area contributed by atoms with Gasteiger partial charge in [-0.25, -0.2) is 8.42 Å². The second-order valence-electron chi connectivity index (χ2n) is 7.42. The Bertz CT molecular complexity index is 1370. The van der Waals surface area contributed by atoms with Crippen LogP contribution in [-0.2, 0) is 10.0 Å². The quantitative estimate of drug-likeness (QED) is 0.565. The topological polar surface area (TPSA) is 104 Å². The van der Waals surface area contributed by atoms with Crippen molar-refractivity contribution in [2.24, 2.45) is 0 Å². The Balaban J connectivity index is 1.60. The molecule has 1 heterocycles. The molecule has 0 aliphatic carbocycles. The molecule has 3 amide bonds. The summed E-state index contributed by atoms with van der Waals surface area (Å²) >= 11 is 0. The van der Waals surface area contributed by atoms with Gasteiger partial charge in [-0.05, 0) is 55.5 Å². The van der Waals surface area contributed by atoms with Gasteiger partial charge in [0, 0.05) is 24.8 Å². The summed E-state index contributed by atoms with van der Waals surface area (Å²) in [5, 5.41) is 2.66. The Hall–Kier alpha value is -3.98. The van der Waals surface area contributed by atoms with Crippen LogP contribution in [0, 0.1) is 0 Å². The zero-order valence-electron chi connectivity index (χ0n) is 18.0. The Labute approximate surface area is 191 Å². The fourth-order valence-corrected chi connectivity index (χ4v) is 5.17. The number of nitrogens with zero attached hydrogens (tertiary/aromatic N) is 2. The van der Waals surface area contributed by atoms with Crippen molar-refractivity contribution in [1.29, 1.82) is 0 Å². The average Bonchev–Trinajstić information content (AvgIpc) is 3.03. The molecular formula is C24H21N3O5S. The van der Waals surface area contributed by atoms with Crippen LogP contribution in [-0.4, -0.2) is 44.6 Å². The molecule has 0 radical (unpaired) electrons. The summed E-state index contributed by atoms with van der Waals surface area (Å²) < 4.78 is 27.8. The number of fused-ring (bicyclic) bond motifs is 1. The van der Waals surface area contributed by atoms with E-state index in [1.54, 1.807) is 37.3 Å². The number of carbonyl (C=O) groups excluding carboxylic acids is 3. The molecule has 0 bridgehead atoms. The lowest BCUT2D eigenvalue weighted by Crippen LogP contribution is -2.30. The van der Waals surface area contributed by atoms with Crippen molar-refractivity contribution in [2.75, 3.05) is 23.2 Å². The van der Waals surface area contributed by atoms with E-state index in [4.69, 9.17) is 0 Å². The minimum Gasteiger partial charge on any atom is -0.322 e. The predicted molar refractivity (Wildman–Crippen MR) is 124 cm³/mol. The SMILES string of the molecule is CCN(c1ccccc1)S(=O)(=O)c1cccc(C(=O)Nc2ccc3c(c2)C(=O)N(C)C3=O)c1. The monoisotopic (exact) mass is 463 g/mol. The van der Waals surface area contributed by atoms with Crippen molar-refractivity contribution in [1.82, 2.24) is 4.90 Å². The Morgan fingerprint density at radius 2 is 1.61 bits per heavy atom. The molecule has 0 saturated heterocycles. The van der Waals surface area contributed by atoms with Crippen LogP contribution in [0.4, 0.5) is 11.4 Å². The first kappa shape index (κ1) is 22.2. The standard InChI is InChI=1S/C24H21N3O5S/c1-3-27(18-9-5-4-6-10-18)33(31,32)19-11-7-8-16(14-19)22(28)25-17-12-13-20-21(15-17)24(30)26(2)23(20)29/h4-15H,3H2,1-2H3,(H,25,28). The highest BCUT2D eigenvalue weighted by atomic mass is 32.2. The lowest BCUT2D eigenvalue weighted by atomic mass is 10.1. The molecule has 8 nitrogen and oxygen atoms in total. The average molecular weight is 464 g/mol. The molecule has 33 heavy (non-hydrogen) atoms. The fraction of sp³-hybridized carbons (Fsp3) is 0.125. The van der Waals surface area contributed by atoms with E-state index in [1.165, 1.54) is 53.8 Å². The molecular weight excluding hydrogens is 442 g/mol. The van der Waals surface area contributed by atoms with Crippen molar-refractivity contribution >= 4 is 39.1 Å². The first-order valence-corrected chi connectivity index (χ1v) is 11.6. The van der Waals surface area contributed by atoms with Crippen LogP contribution in [0.2, 0.25) is 0 Å². The third-order valence-corrected chi connectivity index (χ3v) is 7.26. The van der Waals surface area contributed by atoms with Crippen molar-refractivity contribution in [2.45, 2.75) is 11.8 Å². The lowest BCUT2D eigenvalue weighted by molar-refractivity contribution is 0.0692. The van der Waals surface area contributed by atoms with Gasteiger partial charge in [0.15, 0.2) is 0 Å². The van der Waals surface area contributed by atoms with E-state index in [0.29, 0.717) is 11.4 Å². The zero-order chi connectivity index (χ0) is 23.8. The first-order chi connectivity index (χ1) is 15.7. The maximum absolute atomic E-state index is 13.2. The van der Waals surface area contributed by atoms with Gasteiger partial charge in [-0.2, -0.15) is 0 Å². The number of sulfonamides is 1. The van der Waals surface area contributed by atoms with Crippen LogP contribution < -0.4 is 9.62 Å². The van der Waals surface area contributed by atoms with Crippen LogP contribution >= 0.6 is 0 Å². The summed E-state index contributed by atoms with van der Waals surface area (Å²) in [5.41, 5.74) is 1.47. The molecule has 1 aliphatic rings. The van der Waals surface area contributed by atoms with Crippen molar-refractivity contribution in [3.63, 3.8) is 0 Å². The third kappa shape index (κ3) is 3.98. The maximum Gasteiger partial charge on any atom is 0.264 e. The number of imide groups is 1. The number of rotatable bonds is 6. The van der Waals surface area contributed by atoms with Gasteiger partial charge in [0.1, 0.15) is 0 Å². The zero-order valence-corrected chi connectivity index (χ0v) is 18.8. The molecule has 3 aromatic rings. The number of carbonyl (C=O) groups is 3. The summed E-state index contributed by atoms with van der Waals surface area (Å²) in [4.78, 5) is 38.1. The molecule has 1 aliphatic heterocycles. The number of nitrogens with one attached hydrogen (secondary N) is 1. The number of para-hydroxylation sites is 1. The van der Waals surface area contributed by atoms with Crippen LogP contribution in [0.3, 0.4) is 0 Å². The summed E-state index contributed by atoms with van der Waals surface area (Å²) in [6, 6.07) is 18.9. The van der Waals surface area contributed by atoms with Gasteiger partial charge in [0.25, 0.3) is 27.7 Å². The minimum absolute atomic E-state index is 0.0165. The maximum atomic E-state index is 13.2. The second-order valence-corrected chi connectivity index (χ2v) is 9.28. The minimum atomic E-state index is -3.89. The Morgan fingerprint density at radius 1 is 0.909 bits per heavy atom. The highest BCUT2D eigenvalue weighted by Crippen LogP contribution is 2.26. The van der Waals surface area contributed by atoms with Gasteiger partial charge < -0.3 is 5.32 Å². The highest BCUT2D eigenvalue weighted by Gasteiger charge is 2.33. The lowest BCUT2D eigenvalue weighted by Gasteiger charge is -2.23. The third-order valence-electron chi connectivity index (χ3n) is 5.36. The molecule has 168 valence electrons. The van der Waals surface area contributed by atoms with E-state index in [1.807, 2.05) is 0 Å². The molecule has 0 aromatic heterocycles. The van der Waals surface area contributed by atoms with E-state index in [2.05, 4.69) is 5.32 Å². The normalized spacial score (nSPS) is 13.1. The highest BCUT2D eigenvalue weighted by molar-refractivity contribution is 7.92. The molecule has 4 rings (SSSR count). The number of hydrogen-bond donors (Lipinski definition) is 1. The summed E-state index contributed by atoms with van der Waals surface area (Å²) in [7, 11) is -2.50. The molecule has 0 saturated carbocycles. The van der Waals surface area contributed by atoms with Crippen LogP contribution in [0.25, 0.3) is 0 Å². The van der Waals surface area contributed by atoms with E-state index >= 15 is 0 Å². The van der Waals surface area contributed by atoms with Crippen molar-refractivity contribution in [3.05, 3.63) is 89.5 Å². The smallest absolute Gasteiger partial charge is 0.264 e. The van der Waals surface area contributed by atoms with Gasteiger partial charge in [0.05, 0.1) is 21.7 Å². The van der Waals surface area contributed by atoms with Crippen LogP contribution in [0.5, 0.6) is 0 Å². The number of benzene rings is 3. The fourth-order valence-electron chi connectivity index (χ4n) is 3.65. The molecule has 0 unspecified atom stereocenters. The first-order valence-electron chi connectivity index (χ1n) is 10.2. The number of hydrogen-bond acceptors (Lipinski definition) is 5. The van der Waals surface area contributed by atoms with Crippen LogP contribution in [0.1, 0.15) is 38.0 Å². The largest absolute Gasteiger partial charge is 0.322 e. The van der Waals surface area contributed by atoms with Gasteiger partial charge in [-0.15, -0.1) is 0 Å². The summed E-state index contributed by atoms with van der Waals surface area (Å²) in [6.07, 6.45) is 0. The second kappa shape index (κ2) is 8.51. The molecule has 9 heteroatoms. The summed E-state index contributed by atoms with van der Waals surface area (Å²) in [6.45, 7) is 1.96. The van der Waals surface area contributed by atoms with Gasteiger partial charge in [0.2, 0.25) is 0 Å². The van der Waals surface area contributed by atoms with Gasteiger partial charge in [-0.3, -0.25) is 23.6 Å². The number of amides is 3. The molecule has 1 N–H and O–H groups in total. The van der Waals surface area contributed by atoms with Crippen molar-refractivity contribution in [3.8, 4) is 0 Å². The van der Waals surface area contributed by atoms with E-state index in [0.717, 1.165) is 4.90 Å². The van der Waals surface area contributed by atoms with E-state index in [-0.39, 0.29) is 28.1 Å². The summed E-state index contributed by atoms with van der Waals surface area (Å²) in [5.74, 6) is -1.38. The van der Waals surface area contributed by atoms with E-state index < -0.39 is 27.7 Å². The molecule has 0 spiro atoms. The van der Waals surface area contributed by atoms with Gasteiger partial charge in [-0.1, -0.05) is 24.3 Å². The van der Waals surface area contributed by atoms with Gasteiger partial charge >= 0.3 is 0 Å². The van der Waals surface area contributed by atoms with Crippen LogP contribution in [0.15, 0.2) is 77.7 Å². The van der Waals surface area contributed by atoms with Crippen molar-refractivity contribution < 1.29 is 22.8 Å². The molecule has 0 atom stereocenters. The molecule has 3 aromatic carbocycles. The molecule has 0 fully saturated rings. The Morgan fingerprint density at radius 3 is 2.30 bits per heavy atom.